The van der Waals surface area contributed by atoms with Gasteiger partial charge in [0.15, 0.2) is 0 Å². The van der Waals surface area contributed by atoms with Crippen LogP contribution in [0.25, 0.3) is 5.69 Å². The van der Waals surface area contributed by atoms with Gasteiger partial charge in [0.25, 0.3) is 5.56 Å². The molecule has 2 aromatic rings. The van der Waals surface area contributed by atoms with E-state index in [1.165, 1.54) is 12.8 Å². The molecule has 5 heteroatoms. The van der Waals surface area contributed by atoms with E-state index in [9.17, 15) is 4.79 Å². The molecule has 0 amide bonds. The summed E-state index contributed by atoms with van der Waals surface area (Å²) in [6, 6.07) is 10.4. The van der Waals surface area contributed by atoms with Crippen LogP contribution in [0, 0.1) is 6.92 Å². The van der Waals surface area contributed by atoms with Gasteiger partial charge in [0.2, 0.25) is 0 Å². The van der Waals surface area contributed by atoms with Gasteiger partial charge in [0, 0.05) is 31.9 Å². The Morgan fingerprint density at radius 3 is 2.54 bits per heavy atom. The lowest BCUT2D eigenvalue weighted by Crippen LogP contribution is -2.30. The molecule has 1 saturated carbocycles. The molecule has 0 spiro atoms. The number of hydrogen-bond donors (Lipinski definition) is 1. The Morgan fingerprint density at radius 2 is 1.92 bits per heavy atom. The van der Waals surface area contributed by atoms with Crippen LogP contribution in [0.2, 0.25) is 0 Å². The standard InChI is InChI=1S/C19H27N3O2/c1-15-18(14-21(16-10-11-16)12-6-7-13-23)19(24)22(20(15)2)17-8-4-3-5-9-17/h3-5,8-9,16,23H,6-7,10-14H2,1-2H3. The number of benzene rings is 1. The van der Waals surface area contributed by atoms with Crippen molar-refractivity contribution in [3.8, 4) is 5.69 Å². The minimum absolute atomic E-state index is 0.0778. The number of rotatable bonds is 8. The van der Waals surface area contributed by atoms with Gasteiger partial charge in [0.1, 0.15) is 0 Å². The van der Waals surface area contributed by atoms with Crippen molar-refractivity contribution < 1.29 is 5.11 Å². The number of aromatic nitrogens is 2. The molecule has 1 aliphatic rings. The molecule has 1 aromatic heterocycles. The van der Waals surface area contributed by atoms with Crippen LogP contribution < -0.4 is 5.56 Å². The summed E-state index contributed by atoms with van der Waals surface area (Å²) in [4.78, 5) is 15.4. The summed E-state index contributed by atoms with van der Waals surface area (Å²) in [5, 5.41) is 9.00. The lowest BCUT2D eigenvalue weighted by molar-refractivity contribution is 0.228. The van der Waals surface area contributed by atoms with Crippen LogP contribution in [0.3, 0.4) is 0 Å². The quantitative estimate of drug-likeness (QED) is 0.756. The van der Waals surface area contributed by atoms with Gasteiger partial charge < -0.3 is 5.11 Å². The second-order valence-corrected chi connectivity index (χ2v) is 6.67. The summed E-state index contributed by atoms with van der Waals surface area (Å²) in [5.41, 5.74) is 2.89. The van der Waals surface area contributed by atoms with Crippen LogP contribution in [0.4, 0.5) is 0 Å². The average Bonchev–Trinajstić information content (AvgIpc) is 3.40. The second-order valence-electron chi connectivity index (χ2n) is 6.67. The molecular formula is C19H27N3O2. The molecule has 1 fully saturated rings. The van der Waals surface area contributed by atoms with Crippen LogP contribution in [-0.4, -0.2) is 38.6 Å². The lowest BCUT2D eigenvalue weighted by atomic mass is 10.2. The first-order valence-electron chi connectivity index (χ1n) is 8.81. The first kappa shape index (κ1) is 17.0. The summed E-state index contributed by atoms with van der Waals surface area (Å²) in [5.74, 6) is 0. The zero-order valence-electron chi connectivity index (χ0n) is 14.6. The van der Waals surface area contributed by atoms with Gasteiger partial charge in [0.05, 0.1) is 11.3 Å². The van der Waals surface area contributed by atoms with Crippen molar-refractivity contribution in [2.45, 2.75) is 45.2 Å². The number of aliphatic hydroxyl groups excluding tert-OH is 1. The fourth-order valence-corrected chi connectivity index (χ4v) is 3.27. The highest BCUT2D eigenvalue weighted by atomic mass is 16.2. The van der Waals surface area contributed by atoms with E-state index in [0.29, 0.717) is 12.6 Å². The highest BCUT2D eigenvalue weighted by molar-refractivity contribution is 5.33. The van der Waals surface area contributed by atoms with Gasteiger partial charge in [-0.25, -0.2) is 4.68 Å². The molecular weight excluding hydrogens is 302 g/mol. The molecule has 3 rings (SSSR count). The molecule has 0 radical (unpaired) electrons. The number of aliphatic hydroxyl groups is 1. The van der Waals surface area contributed by atoms with Gasteiger partial charge in [-0.3, -0.25) is 14.4 Å². The van der Waals surface area contributed by atoms with Crippen LogP contribution in [-0.2, 0) is 13.6 Å². The van der Waals surface area contributed by atoms with E-state index >= 15 is 0 Å². The molecule has 1 aromatic carbocycles. The van der Waals surface area contributed by atoms with E-state index in [2.05, 4.69) is 4.90 Å². The maximum absolute atomic E-state index is 13.0. The molecule has 130 valence electrons. The summed E-state index contributed by atoms with van der Waals surface area (Å²) in [6.07, 6.45) is 4.24. The third-order valence-electron chi connectivity index (χ3n) is 4.95. The van der Waals surface area contributed by atoms with Gasteiger partial charge >= 0.3 is 0 Å². The smallest absolute Gasteiger partial charge is 0.276 e. The van der Waals surface area contributed by atoms with Crippen LogP contribution >= 0.6 is 0 Å². The lowest BCUT2D eigenvalue weighted by Gasteiger charge is -2.21. The van der Waals surface area contributed by atoms with Crippen LogP contribution in [0.1, 0.15) is 36.9 Å². The van der Waals surface area contributed by atoms with Gasteiger partial charge in [-0.15, -0.1) is 0 Å². The highest BCUT2D eigenvalue weighted by Crippen LogP contribution is 2.28. The van der Waals surface area contributed by atoms with Gasteiger partial charge in [-0.2, -0.15) is 0 Å². The highest BCUT2D eigenvalue weighted by Gasteiger charge is 2.30. The summed E-state index contributed by atoms with van der Waals surface area (Å²) < 4.78 is 3.70. The third-order valence-corrected chi connectivity index (χ3v) is 4.95. The normalized spacial score (nSPS) is 14.5. The van der Waals surface area contributed by atoms with E-state index in [0.717, 1.165) is 36.3 Å². The monoisotopic (exact) mass is 329 g/mol. The minimum atomic E-state index is 0.0778. The number of para-hydroxylation sites is 1. The molecule has 0 atom stereocenters. The SMILES string of the molecule is Cc1c(CN(CCCCO)C2CC2)c(=O)n(-c2ccccc2)n1C. The maximum Gasteiger partial charge on any atom is 0.276 e. The Bertz CT molecular complexity index is 729. The predicted octanol–water partition coefficient (Wildman–Crippen LogP) is 2.22. The Labute approximate surface area is 143 Å². The van der Waals surface area contributed by atoms with Crippen molar-refractivity contribution in [2.24, 2.45) is 7.05 Å². The maximum atomic E-state index is 13.0. The van der Waals surface area contributed by atoms with Crippen molar-refractivity contribution in [1.82, 2.24) is 14.3 Å². The van der Waals surface area contributed by atoms with Crippen LogP contribution in [0.5, 0.6) is 0 Å². The van der Waals surface area contributed by atoms with E-state index in [1.54, 1.807) is 4.68 Å². The summed E-state index contributed by atoms with van der Waals surface area (Å²) in [6.45, 7) is 3.91. The Kier molecular flexibility index (Phi) is 5.21. The minimum Gasteiger partial charge on any atom is -0.396 e. The number of hydrogen-bond acceptors (Lipinski definition) is 3. The molecule has 1 aliphatic carbocycles. The first-order chi connectivity index (χ1) is 11.6. The summed E-state index contributed by atoms with van der Waals surface area (Å²) in [7, 11) is 1.94. The average molecular weight is 329 g/mol. The van der Waals surface area contributed by atoms with Crippen molar-refractivity contribution in [3.63, 3.8) is 0 Å². The number of unbranched alkanes of at least 4 members (excludes halogenated alkanes) is 1. The zero-order chi connectivity index (χ0) is 17.1. The van der Waals surface area contributed by atoms with Crippen molar-refractivity contribution in [1.29, 1.82) is 0 Å². The Hall–Kier alpha value is -1.85. The molecule has 0 saturated heterocycles. The fourth-order valence-electron chi connectivity index (χ4n) is 3.27. The third kappa shape index (κ3) is 3.47. The largest absolute Gasteiger partial charge is 0.396 e. The number of nitrogens with zero attached hydrogens (tertiary/aromatic N) is 3. The fraction of sp³-hybridized carbons (Fsp3) is 0.526. The van der Waals surface area contributed by atoms with E-state index in [4.69, 9.17) is 5.11 Å². The molecule has 5 nitrogen and oxygen atoms in total. The molecule has 1 heterocycles. The van der Waals surface area contributed by atoms with Gasteiger partial charge in [-0.05, 0) is 51.3 Å². The molecule has 0 aliphatic heterocycles. The van der Waals surface area contributed by atoms with Crippen LogP contribution in [0.15, 0.2) is 35.1 Å². The zero-order valence-corrected chi connectivity index (χ0v) is 14.6. The Balaban J connectivity index is 1.87. The van der Waals surface area contributed by atoms with Crippen molar-refractivity contribution in [3.05, 3.63) is 51.9 Å². The van der Waals surface area contributed by atoms with E-state index < -0.39 is 0 Å². The molecule has 0 bridgehead atoms. The second kappa shape index (κ2) is 7.36. The molecule has 24 heavy (non-hydrogen) atoms. The van der Waals surface area contributed by atoms with E-state index in [1.807, 2.05) is 49.0 Å². The Morgan fingerprint density at radius 1 is 1.21 bits per heavy atom. The first-order valence-corrected chi connectivity index (χ1v) is 8.81. The van der Waals surface area contributed by atoms with Crippen molar-refractivity contribution >= 4 is 0 Å². The molecule has 0 unspecified atom stereocenters. The van der Waals surface area contributed by atoms with E-state index in [-0.39, 0.29) is 12.2 Å². The van der Waals surface area contributed by atoms with Gasteiger partial charge in [-0.1, -0.05) is 18.2 Å². The van der Waals surface area contributed by atoms with Crippen molar-refractivity contribution in [2.75, 3.05) is 13.2 Å². The molecule has 1 N–H and O–H groups in total. The summed E-state index contributed by atoms with van der Waals surface area (Å²) >= 11 is 0. The predicted molar refractivity (Wildman–Crippen MR) is 95.5 cm³/mol. The topological polar surface area (TPSA) is 50.4 Å².